The maximum absolute atomic E-state index is 12.9. The van der Waals surface area contributed by atoms with Crippen LogP contribution in [-0.2, 0) is 6.42 Å². The number of aliphatic imine (C=N–C) groups is 1. The van der Waals surface area contributed by atoms with Gasteiger partial charge in [0.1, 0.15) is 5.82 Å². The van der Waals surface area contributed by atoms with Crippen LogP contribution in [0.15, 0.2) is 47.5 Å². The Labute approximate surface area is 106 Å². The van der Waals surface area contributed by atoms with Crippen LogP contribution in [0, 0.1) is 5.82 Å². The molecule has 1 aliphatic heterocycles. The Morgan fingerprint density at radius 1 is 1.00 bits per heavy atom. The molecule has 0 bridgehead atoms. The van der Waals surface area contributed by atoms with Gasteiger partial charge in [0.2, 0.25) is 0 Å². The molecule has 2 aromatic carbocycles. The Morgan fingerprint density at radius 2 is 1.72 bits per heavy atom. The Hall–Kier alpha value is -1.96. The first kappa shape index (κ1) is 11.1. The van der Waals surface area contributed by atoms with Crippen molar-refractivity contribution < 1.29 is 4.39 Å². The number of hydrogen-bond acceptors (Lipinski definition) is 1. The van der Waals surface area contributed by atoms with Crippen LogP contribution in [-0.4, -0.2) is 12.3 Å². The molecule has 0 radical (unpaired) electrons. The Morgan fingerprint density at radius 3 is 2.50 bits per heavy atom. The summed E-state index contributed by atoms with van der Waals surface area (Å²) in [5.74, 6) is -0.195. The van der Waals surface area contributed by atoms with Crippen LogP contribution in [0.5, 0.6) is 0 Å². The highest BCUT2D eigenvalue weighted by molar-refractivity contribution is 6.01. The van der Waals surface area contributed by atoms with E-state index in [0.717, 1.165) is 29.8 Å². The lowest BCUT2D eigenvalue weighted by Crippen LogP contribution is -2.09. The van der Waals surface area contributed by atoms with Gasteiger partial charge in [0.15, 0.2) is 0 Å². The van der Waals surface area contributed by atoms with E-state index < -0.39 is 0 Å². The van der Waals surface area contributed by atoms with Gasteiger partial charge in [-0.2, -0.15) is 0 Å². The number of rotatable bonds is 1. The molecule has 0 atom stereocenters. The van der Waals surface area contributed by atoms with Crippen molar-refractivity contribution in [1.29, 1.82) is 0 Å². The van der Waals surface area contributed by atoms with Gasteiger partial charge in [-0.1, -0.05) is 30.3 Å². The molecule has 1 aliphatic rings. The number of halogens is 1. The number of fused-ring (bicyclic) bond motifs is 1. The summed E-state index contributed by atoms with van der Waals surface area (Å²) in [6.45, 7) is 2.92. The van der Waals surface area contributed by atoms with Gasteiger partial charge in [0.05, 0.1) is 0 Å². The molecule has 0 spiro atoms. The highest BCUT2D eigenvalue weighted by Crippen LogP contribution is 2.25. The normalized spacial score (nSPS) is 14.0. The van der Waals surface area contributed by atoms with Crippen molar-refractivity contribution in [2.24, 2.45) is 4.99 Å². The fourth-order valence-corrected chi connectivity index (χ4v) is 2.40. The Kier molecular flexibility index (Phi) is 2.71. The standard InChI is InChI=1S/C16H14FN/c1-11-16-7-4-13(10-14(16)8-9-18-11)12-2-5-15(17)6-3-12/h2-7,10H,8-9H2,1H3. The van der Waals surface area contributed by atoms with E-state index in [9.17, 15) is 4.39 Å². The molecule has 2 aromatic rings. The first-order chi connectivity index (χ1) is 8.74. The van der Waals surface area contributed by atoms with E-state index in [2.05, 4.69) is 30.1 Å². The molecule has 1 nitrogen and oxygen atoms in total. The minimum absolute atomic E-state index is 0.195. The van der Waals surface area contributed by atoms with E-state index in [-0.39, 0.29) is 5.82 Å². The average Bonchev–Trinajstić information content (AvgIpc) is 2.39. The molecule has 90 valence electrons. The summed E-state index contributed by atoms with van der Waals surface area (Å²) >= 11 is 0. The molecule has 0 aromatic heterocycles. The fourth-order valence-electron chi connectivity index (χ4n) is 2.40. The van der Waals surface area contributed by atoms with Crippen LogP contribution in [0.4, 0.5) is 4.39 Å². The van der Waals surface area contributed by atoms with Crippen LogP contribution < -0.4 is 0 Å². The van der Waals surface area contributed by atoms with Crippen LogP contribution in [0.1, 0.15) is 18.1 Å². The van der Waals surface area contributed by atoms with E-state index in [1.165, 1.54) is 23.3 Å². The number of nitrogens with zero attached hydrogens (tertiary/aromatic N) is 1. The Bertz CT molecular complexity index is 611. The molecule has 0 unspecified atom stereocenters. The molecule has 0 aliphatic carbocycles. The van der Waals surface area contributed by atoms with Crippen molar-refractivity contribution in [3.63, 3.8) is 0 Å². The molecule has 0 saturated carbocycles. The van der Waals surface area contributed by atoms with Crippen molar-refractivity contribution in [3.8, 4) is 11.1 Å². The molecule has 1 heterocycles. The second-order valence-corrected chi connectivity index (χ2v) is 4.60. The van der Waals surface area contributed by atoms with Gasteiger partial charge in [-0.15, -0.1) is 0 Å². The summed E-state index contributed by atoms with van der Waals surface area (Å²) in [5, 5.41) is 0. The van der Waals surface area contributed by atoms with Crippen LogP contribution in [0.3, 0.4) is 0 Å². The minimum Gasteiger partial charge on any atom is -0.289 e. The van der Waals surface area contributed by atoms with Gasteiger partial charge in [-0.3, -0.25) is 4.99 Å². The van der Waals surface area contributed by atoms with E-state index in [1.807, 2.05) is 12.1 Å². The third kappa shape index (κ3) is 1.94. The van der Waals surface area contributed by atoms with Gasteiger partial charge in [-0.05, 0) is 47.7 Å². The smallest absolute Gasteiger partial charge is 0.123 e. The quantitative estimate of drug-likeness (QED) is 0.716. The molecule has 18 heavy (non-hydrogen) atoms. The molecular weight excluding hydrogens is 225 g/mol. The van der Waals surface area contributed by atoms with Crippen LogP contribution in [0.25, 0.3) is 11.1 Å². The zero-order chi connectivity index (χ0) is 12.5. The summed E-state index contributed by atoms with van der Waals surface area (Å²) in [4.78, 5) is 4.45. The summed E-state index contributed by atoms with van der Waals surface area (Å²) in [6.07, 6.45) is 0.988. The van der Waals surface area contributed by atoms with Crippen molar-refractivity contribution >= 4 is 5.71 Å². The second-order valence-electron chi connectivity index (χ2n) is 4.60. The van der Waals surface area contributed by atoms with Gasteiger partial charge in [0.25, 0.3) is 0 Å². The summed E-state index contributed by atoms with van der Waals surface area (Å²) in [6, 6.07) is 13.0. The van der Waals surface area contributed by atoms with Crippen molar-refractivity contribution in [1.82, 2.24) is 0 Å². The summed E-state index contributed by atoms with van der Waals surface area (Å²) < 4.78 is 12.9. The lowest BCUT2D eigenvalue weighted by atomic mass is 9.94. The zero-order valence-corrected chi connectivity index (χ0v) is 10.3. The van der Waals surface area contributed by atoms with Crippen LogP contribution in [0.2, 0.25) is 0 Å². The lowest BCUT2D eigenvalue weighted by molar-refractivity contribution is 0.628. The molecule has 0 fully saturated rings. The summed E-state index contributed by atoms with van der Waals surface area (Å²) in [7, 11) is 0. The predicted molar refractivity (Wildman–Crippen MR) is 72.6 cm³/mol. The maximum Gasteiger partial charge on any atom is 0.123 e. The molecular formula is C16H14FN. The molecule has 2 heteroatoms. The van der Waals surface area contributed by atoms with Crippen molar-refractivity contribution in [3.05, 3.63) is 59.4 Å². The first-order valence-electron chi connectivity index (χ1n) is 6.14. The van der Waals surface area contributed by atoms with E-state index in [0.29, 0.717) is 0 Å². The fraction of sp³-hybridized carbons (Fsp3) is 0.188. The van der Waals surface area contributed by atoms with E-state index in [4.69, 9.17) is 0 Å². The predicted octanol–water partition coefficient (Wildman–Crippen LogP) is 3.86. The molecule has 0 N–H and O–H groups in total. The number of benzene rings is 2. The topological polar surface area (TPSA) is 12.4 Å². The third-order valence-corrected chi connectivity index (χ3v) is 3.40. The van der Waals surface area contributed by atoms with Crippen molar-refractivity contribution in [2.45, 2.75) is 13.3 Å². The van der Waals surface area contributed by atoms with Crippen LogP contribution >= 0.6 is 0 Å². The maximum atomic E-state index is 12.9. The van der Waals surface area contributed by atoms with E-state index >= 15 is 0 Å². The van der Waals surface area contributed by atoms with Gasteiger partial charge >= 0.3 is 0 Å². The highest BCUT2D eigenvalue weighted by Gasteiger charge is 2.11. The molecule has 0 amide bonds. The summed E-state index contributed by atoms with van der Waals surface area (Å²) in [5.41, 5.74) is 5.89. The van der Waals surface area contributed by atoms with Gasteiger partial charge in [-0.25, -0.2) is 4.39 Å². The van der Waals surface area contributed by atoms with E-state index in [1.54, 1.807) is 0 Å². The Balaban J connectivity index is 2.05. The van der Waals surface area contributed by atoms with Gasteiger partial charge in [0, 0.05) is 12.3 Å². The largest absolute Gasteiger partial charge is 0.289 e. The highest BCUT2D eigenvalue weighted by atomic mass is 19.1. The third-order valence-electron chi connectivity index (χ3n) is 3.40. The zero-order valence-electron chi connectivity index (χ0n) is 10.3. The average molecular weight is 239 g/mol. The number of hydrogen-bond donors (Lipinski definition) is 0. The molecule has 3 rings (SSSR count). The lowest BCUT2D eigenvalue weighted by Gasteiger charge is -2.15. The molecule has 0 saturated heterocycles. The van der Waals surface area contributed by atoms with Gasteiger partial charge < -0.3 is 0 Å². The first-order valence-corrected chi connectivity index (χ1v) is 6.14. The van der Waals surface area contributed by atoms with Crippen molar-refractivity contribution in [2.75, 3.05) is 6.54 Å². The minimum atomic E-state index is -0.195. The second kappa shape index (κ2) is 4.37. The SMILES string of the molecule is CC1=NCCc2cc(-c3ccc(F)cc3)ccc21. The monoisotopic (exact) mass is 239 g/mol.